The summed E-state index contributed by atoms with van der Waals surface area (Å²) in [5.41, 5.74) is 10.4. The molecule has 2 rings (SSSR count). The van der Waals surface area contributed by atoms with Gasteiger partial charge in [-0.05, 0) is 48.9 Å². The van der Waals surface area contributed by atoms with Gasteiger partial charge in [-0.15, -0.1) is 0 Å². The van der Waals surface area contributed by atoms with Gasteiger partial charge in [-0.2, -0.15) is 0 Å². The van der Waals surface area contributed by atoms with Crippen LogP contribution in [-0.4, -0.2) is 23.9 Å². The highest BCUT2D eigenvalue weighted by atomic mass is 79.9. The molecule has 0 fully saturated rings. The lowest BCUT2D eigenvalue weighted by Crippen LogP contribution is -2.48. The first kappa shape index (κ1) is 22.2. The van der Waals surface area contributed by atoms with Crippen molar-refractivity contribution in [3.8, 4) is 5.75 Å². The van der Waals surface area contributed by atoms with Gasteiger partial charge in [0.2, 0.25) is 5.91 Å². The summed E-state index contributed by atoms with van der Waals surface area (Å²) in [5.74, 6) is -1.28. The number of rotatable bonds is 7. The third kappa shape index (κ3) is 7.41. The zero-order valence-corrected chi connectivity index (χ0v) is 17.0. The number of halogens is 2. The van der Waals surface area contributed by atoms with Crippen molar-refractivity contribution in [2.75, 3.05) is 0 Å². The standard InChI is InChI=1S/C19H20BrFN4O4/c1-11(29-15-7-5-14(21)6-8-15)18(27)25-24-17(26)10-16(23-19(22)28)12-3-2-4-13(20)9-12/h2-9,11,16H,10H2,1H3,(H,24,26)(H,25,27)(H3,22,23,28). The van der Waals surface area contributed by atoms with Crippen LogP contribution in [0.25, 0.3) is 0 Å². The Balaban J connectivity index is 1.89. The fourth-order valence-electron chi connectivity index (χ4n) is 2.39. The molecule has 2 aromatic rings. The van der Waals surface area contributed by atoms with Crippen molar-refractivity contribution in [3.63, 3.8) is 0 Å². The van der Waals surface area contributed by atoms with Crippen LogP contribution < -0.4 is 26.6 Å². The van der Waals surface area contributed by atoms with Crippen LogP contribution in [0.4, 0.5) is 9.18 Å². The predicted molar refractivity (Wildman–Crippen MR) is 107 cm³/mol. The molecule has 29 heavy (non-hydrogen) atoms. The van der Waals surface area contributed by atoms with E-state index >= 15 is 0 Å². The number of carbonyl (C=O) groups excluding carboxylic acids is 3. The fourth-order valence-corrected chi connectivity index (χ4v) is 2.80. The highest BCUT2D eigenvalue weighted by Gasteiger charge is 2.20. The molecule has 0 aromatic heterocycles. The lowest BCUT2D eigenvalue weighted by Gasteiger charge is -2.19. The van der Waals surface area contributed by atoms with E-state index in [-0.39, 0.29) is 6.42 Å². The molecule has 0 aliphatic heterocycles. The van der Waals surface area contributed by atoms with Crippen LogP contribution in [0.3, 0.4) is 0 Å². The molecule has 5 N–H and O–H groups in total. The van der Waals surface area contributed by atoms with E-state index < -0.39 is 35.8 Å². The van der Waals surface area contributed by atoms with Crippen LogP contribution >= 0.6 is 15.9 Å². The van der Waals surface area contributed by atoms with Crippen molar-refractivity contribution in [2.45, 2.75) is 25.5 Å². The molecule has 0 spiro atoms. The lowest BCUT2D eigenvalue weighted by molar-refractivity contribution is -0.132. The maximum Gasteiger partial charge on any atom is 0.312 e. The Hall–Kier alpha value is -3.14. The van der Waals surface area contributed by atoms with Gasteiger partial charge in [-0.25, -0.2) is 9.18 Å². The molecule has 0 saturated carbocycles. The number of ether oxygens (including phenoxy) is 1. The third-order valence-corrected chi connectivity index (χ3v) is 4.27. The summed E-state index contributed by atoms with van der Waals surface area (Å²) >= 11 is 3.32. The predicted octanol–water partition coefficient (Wildman–Crippen LogP) is 2.30. The fraction of sp³-hybridized carbons (Fsp3) is 0.211. The number of urea groups is 1. The van der Waals surface area contributed by atoms with Gasteiger partial charge in [0.1, 0.15) is 11.6 Å². The van der Waals surface area contributed by atoms with Gasteiger partial charge in [0, 0.05) is 4.47 Å². The Morgan fingerprint density at radius 1 is 1.14 bits per heavy atom. The molecule has 154 valence electrons. The topological polar surface area (TPSA) is 123 Å². The molecule has 2 atom stereocenters. The molecule has 2 unspecified atom stereocenters. The van der Waals surface area contributed by atoms with Crippen molar-refractivity contribution < 1.29 is 23.5 Å². The molecule has 10 heteroatoms. The Labute approximate surface area is 175 Å². The number of hydrogen-bond acceptors (Lipinski definition) is 4. The average molecular weight is 467 g/mol. The number of hydrogen-bond donors (Lipinski definition) is 4. The second-order valence-corrected chi connectivity index (χ2v) is 6.99. The molecule has 2 aromatic carbocycles. The number of nitrogens with two attached hydrogens (primary N) is 1. The van der Waals surface area contributed by atoms with Gasteiger partial charge >= 0.3 is 6.03 Å². The maximum atomic E-state index is 12.9. The summed E-state index contributed by atoms with van der Waals surface area (Å²) in [6, 6.07) is 10.7. The molecule has 0 aliphatic rings. The molecule has 0 aliphatic carbocycles. The second kappa shape index (κ2) is 10.4. The summed E-state index contributed by atoms with van der Waals surface area (Å²) in [6.45, 7) is 1.48. The molecule has 0 heterocycles. The minimum Gasteiger partial charge on any atom is -0.481 e. The van der Waals surface area contributed by atoms with Crippen molar-refractivity contribution >= 4 is 33.8 Å². The Morgan fingerprint density at radius 2 is 1.83 bits per heavy atom. The quantitative estimate of drug-likeness (QED) is 0.467. The van der Waals surface area contributed by atoms with Gasteiger partial charge < -0.3 is 15.8 Å². The van der Waals surface area contributed by atoms with E-state index in [0.717, 1.165) is 4.47 Å². The van der Waals surface area contributed by atoms with Gasteiger partial charge in [0.15, 0.2) is 6.10 Å². The first-order valence-electron chi connectivity index (χ1n) is 8.57. The van der Waals surface area contributed by atoms with E-state index in [1.54, 1.807) is 24.3 Å². The highest BCUT2D eigenvalue weighted by molar-refractivity contribution is 9.10. The number of nitrogens with one attached hydrogen (secondary N) is 3. The van der Waals surface area contributed by atoms with Crippen molar-refractivity contribution in [2.24, 2.45) is 5.73 Å². The Bertz CT molecular complexity index is 879. The summed E-state index contributed by atoms with van der Waals surface area (Å²) in [4.78, 5) is 35.5. The number of benzene rings is 2. The van der Waals surface area contributed by atoms with Gasteiger partial charge in [0.05, 0.1) is 12.5 Å². The van der Waals surface area contributed by atoms with Crippen molar-refractivity contribution in [3.05, 3.63) is 64.4 Å². The molecule has 4 amide bonds. The molecule has 0 saturated heterocycles. The number of amides is 4. The van der Waals surface area contributed by atoms with E-state index in [1.165, 1.54) is 31.2 Å². The van der Waals surface area contributed by atoms with Crippen molar-refractivity contribution in [1.29, 1.82) is 0 Å². The Morgan fingerprint density at radius 3 is 2.45 bits per heavy atom. The van der Waals surface area contributed by atoms with Crippen LogP contribution in [0.2, 0.25) is 0 Å². The second-order valence-electron chi connectivity index (χ2n) is 6.07. The summed E-state index contributed by atoms with van der Waals surface area (Å²) in [7, 11) is 0. The zero-order chi connectivity index (χ0) is 21.4. The lowest BCUT2D eigenvalue weighted by atomic mass is 10.0. The molecular formula is C19H20BrFN4O4. The van der Waals surface area contributed by atoms with Crippen LogP contribution in [0.5, 0.6) is 5.75 Å². The zero-order valence-electron chi connectivity index (χ0n) is 15.4. The van der Waals surface area contributed by atoms with E-state index in [1.807, 2.05) is 0 Å². The van der Waals surface area contributed by atoms with E-state index in [4.69, 9.17) is 10.5 Å². The normalized spacial score (nSPS) is 12.4. The summed E-state index contributed by atoms with van der Waals surface area (Å²) in [5, 5.41) is 2.49. The number of primary amides is 1. The minimum absolute atomic E-state index is 0.160. The summed E-state index contributed by atoms with van der Waals surface area (Å²) in [6.07, 6.45) is -1.10. The monoisotopic (exact) mass is 466 g/mol. The number of carbonyl (C=O) groups is 3. The number of hydrazine groups is 1. The van der Waals surface area contributed by atoms with Crippen molar-refractivity contribution in [1.82, 2.24) is 16.2 Å². The van der Waals surface area contributed by atoms with Gasteiger partial charge in [-0.1, -0.05) is 28.1 Å². The van der Waals surface area contributed by atoms with Gasteiger partial charge in [-0.3, -0.25) is 20.4 Å². The van der Waals surface area contributed by atoms with Gasteiger partial charge in [0.25, 0.3) is 5.91 Å². The minimum atomic E-state index is -0.939. The molecule has 8 nitrogen and oxygen atoms in total. The van der Waals surface area contributed by atoms with Crippen LogP contribution in [0.15, 0.2) is 53.0 Å². The smallest absolute Gasteiger partial charge is 0.312 e. The first-order valence-corrected chi connectivity index (χ1v) is 9.36. The van der Waals surface area contributed by atoms with Crippen LogP contribution in [-0.2, 0) is 9.59 Å². The third-order valence-electron chi connectivity index (χ3n) is 3.78. The highest BCUT2D eigenvalue weighted by Crippen LogP contribution is 2.20. The van der Waals surface area contributed by atoms with E-state index in [2.05, 4.69) is 32.1 Å². The molecule has 0 bridgehead atoms. The summed E-state index contributed by atoms with van der Waals surface area (Å²) < 4.78 is 19.0. The largest absolute Gasteiger partial charge is 0.481 e. The SMILES string of the molecule is CC(Oc1ccc(F)cc1)C(=O)NNC(=O)CC(NC(N)=O)c1cccc(Br)c1. The average Bonchev–Trinajstić information content (AvgIpc) is 2.67. The molecular weight excluding hydrogens is 447 g/mol. The maximum absolute atomic E-state index is 12.9. The van der Waals surface area contributed by atoms with Crippen LogP contribution in [0.1, 0.15) is 24.9 Å². The van der Waals surface area contributed by atoms with E-state index in [9.17, 15) is 18.8 Å². The Kier molecular flexibility index (Phi) is 7.96. The van der Waals surface area contributed by atoms with E-state index in [0.29, 0.717) is 11.3 Å². The van der Waals surface area contributed by atoms with Crippen LogP contribution in [0, 0.1) is 5.82 Å². The first-order chi connectivity index (χ1) is 13.7. The molecule has 0 radical (unpaired) electrons.